The monoisotopic (exact) mass is 316 g/mol. The van der Waals surface area contributed by atoms with Crippen molar-refractivity contribution >= 4 is 45.3 Å². The number of amides is 1. The third kappa shape index (κ3) is 2.94. The van der Waals surface area contributed by atoms with Gasteiger partial charge in [-0.3, -0.25) is 9.59 Å². The van der Waals surface area contributed by atoms with Crippen LogP contribution in [0.15, 0.2) is 53.5 Å². The molecular weight excluding hydrogens is 308 g/mol. The molecule has 0 saturated heterocycles. The topological polar surface area (TPSA) is 59.1 Å². The highest BCUT2D eigenvalue weighted by atomic mass is 35.5. The number of hydrogen-bond acceptors (Lipinski definition) is 4. The zero-order valence-corrected chi connectivity index (χ0v) is 12.2. The Morgan fingerprint density at radius 3 is 2.76 bits per heavy atom. The maximum absolute atomic E-state index is 12.2. The van der Waals surface area contributed by atoms with Gasteiger partial charge in [-0.1, -0.05) is 41.1 Å². The SMILES string of the molecule is O=C(Nc1ccc(Cl)nc1)c1cc2ccccc2c(=O)s1. The summed E-state index contributed by atoms with van der Waals surface area (Å²) in [5.41, 5.74) is 0.525. The van der Waals surface area contributed by atoms with E-state index in [1.54, 1.807) is 30.3 Å². The van der Waals surface area contributed by atoms with Crippen LogP contribution in [0.3, 0.4) is 0 Å². The van der Waals surface area contributed by atoms with Crippen molar-refractivity contribution in [2.45, 2.75) is 0 Å². The summed E-state index contributed by atoms with van der Waals surface area (Å²) < 4.78 is -0.132. The van der Waals surface area contributed by atoms with Gasteiger partial charge in [0.25, 0.3) is 5.91 Å². The zero-order valence-electron chi connectivity index (χ0n) is 10.7. The maximum atomic E-state index is 12.2. The molecule has 2 heterocycles. The Labute approximate surface area is 129 Å². The van der Waals surface area contributed by atoms with E-state index in [-0.39, 0.29) is 10.6 Å². The van der Waals surface area contributed by atoms with E-state index in [1.807, 2.05) is 12.1 Å². The molecule has 0 aliphatic rings. The lowest BCUT2D eigenvalue weighted by Crippen LogP contribution is -2.13. The molecule has 104 valence electrons. The van der Waals surface area contributed by atoms with Crippen LogP contribution in [0.25, 0.3) is 10.8 Å². The van der Waals surface area contributed by atoms with Crippen LogP contribution in [0, 0.1) is 0 Å². The van der Waals surface area contributed by atoms with Crippen LogP contribution in [0.4, 0.5) is 5.69 Å². The highest BCUT2D eigenvalue weighted by molar-refractivity contribution is 7.12. The second-order valence-electron chi connectivity index (χ2n) is 4.31. The van der Waals surface area contributed by atoms with Crippen LogP contribution in [-0.4, -0.2) is 10.9 Å². The van der Waals surface area contributed by atoms with E-state index in [1.165, 1.54) is 6.20 Å². The van der Waals surface area contributed by atoms with E-state index in [4.69, 9.17) is 11.6 Å². The molecule has 0 fully saturated rings. The zero-order chi connectivity index (χ0) is 14.8. The lowest BCUT2D eigenvalue weighted by atomic mass is 10.2. The average molecular weight is 317 g/mol. The average Bonchev–Trinajstić information content (AvgIpc) is 2.49. The van der Waals surface area contributed by atoms with Gasteiger partial charge in [0.1, 0.15) is 5.15 Å². The Kier molecular flexibility index (Phi) is 3.68. The smallest absolute Gasteiger partial charge is 0.265 e. The van der Waals surface area contributed by atoms with Crippen molar-refractivity contribution in [3.05, 3.63) is 68.2 Å². The Morgan fingerprint density at radius 2 is 2.00 bits per heavy atom. The molecule has 0 aliphatic heterocycles. The van der Waals surface area contributed by atoms with Crippen LogP contribution in [0.1, 0.15) is 9.67 Å². The van der Waals surface area contributed by atoms with Gasteiger partial charge in [0, 0.05) is 5.39 Å². The Morgan fingerprint density at radius 1 is 1.19 bits per heavy atom. The number of halogens is 1. The van der Waals surface area contributed by atoms with Crippen molar-refractivity contribution in [2.75, 3.05) is 5.32 Å². The number of hydrogen-bond donors (Lipinski definition) is 1. The molecule has 1 N–H and O–H groups in total. The molecule has 21 heavy (non-hydrogen) atoms. The minimum Gasteiger partial charge on any atom is -0.320 e. The molecule has 0 saturated carbocycles. The van der Waals surface area contributed by atoms with Crippen LogP contribution in [0.5, 0.6) is 0 Å². The highest BCUT2D eigenvalue weighted by Crippen LogP contribution is 2.17. The molecule has 1 amide bonds. The van der Waals surface area contributed by atoms with Gasteiger partial charge in [-0.25, -0.2) is 4.98 Å². The molecule has 0 radical (unpaired) electrons. The summed E-state index contributed by atoms with van der Waals surface area (Å²) in [5.74, 6) is -0.341. The van der Waals surface area contributed by atoms with Crippen LogP contribution >= 0.6 is 22.9 Å². The van der Waals surface area contributed by atoms with Crippen molar-refractivity contribution in [2.24, 2.45) is 0 Å². The third-order valence-electron chi connectivity index (χ3n) is 2.88. The van der Waals surface area contributed by atoms with Crippen molar-refractivity contribution in [3.8, 4) is 0 Å². The van der Waals surface area contributed by atoms with E-state index in [9.17, 15) is 9.59 Å². The number of aromatic nitrogens is 1. The highest BCUT2D eigenvalue weighted by Gasteiger charge is 2.10. The van der Waals surface area contributed by atoms with Gasteiger partial charge in [-0.15, -0.1) is 0 Å². The number of carbonyl (C=O) groups excluding carboxylic acids is 1. The van der Waals surface area contributed by atoms with Crippen molar-refractivity contribution in [1.29, 1.82) is 0 Å². The number of fused-ring (bicyclic) bond motifs is 1. The summed E-state index contributed by atoms with van der Waals surface area (Å²) in [5, 5.41) is 4.41. The lowest BCUT2D eigenvalue weighted by molar-refractivity contribution is 0.103. The first-order valence-corrected chi connectivity index (χ1v) is 7.29. The first-order valence-electron chi connectivity index (χ1n) is 6.09. The minimum atomic E-state index is -0.341. The van der Waals surface area contributed by atoms with Gasteiger partial charge in [0.15, 0.2) is 0 Å². The molecular formula is C15H9ClN2O2S. The molecule has 0 atom stereocenters. The number of nitrogens with zero attached hydrogens (tertiary/aromatic N) is 1. The molecule has 1 aromatic carbocycles. The van der Waals surface area contributed by atoms with Gasteiger partial charge in [-0.05, 0) is 29.7 Å². The minimum absolute atomic E-state index is 0.132. The number of carbonyl (C=O) groups is 1. The summed E-state index contributed by atoms with van der Waals surface area (Å²) in [6.45, 7) is 0. The van der Waals surface area contributed by atoms with Crippen molar-refractivity contribution in [1.82, 2.24) is 4.98 Å². The fourth-order valence-corrected chi connectivity index (χ4v) is 2.83. The van der Waals surface area contributed by atoms with Gasteiger partial charge < -0.3 is 5.32 Å². The predicted octanol–water partition coefficient (Wildman–Crippen LogP) is 3.56. The molecule has 4 nitrogen and oxygen atoms in total. The Bertz CT molecular complexity index is 875. The normalized spacial score (nSPS) is 10.5. The number of rotatable bonds is 2. The quantitative estimate of drug-likeness (QED) is 0.735. The molecule has 2 aromatic heterocycles. The van der Waals surface area contributed by atoms with Gasteiger partial charge >= 0.3 is 0 Å². The number of benzene rings is 1. The summed E-state index contributed by atoms with van der Waals surface area (Å²) in [7, 11) is 0. The summed E-state index contributed by atoms with van der Waals surface area (Å²) >= 11 is 6.61. The molecule has 3 rings (SSSR count). The van der Waals surface area contributed by atoms with Crippen LogP contribution in [-0.2, 0) is 0 Å². The number of anilines is 1. The molecule has 0 spiro atoms. The Hall–Kier alpha value is -2.24. The second-order valence-corrected chi connectivity index (χ2v) is 5.71. The standard InChI is InChI=1S/C15H9ClN2O2S/c16-13-6-5-10(8-17-13)18-14(19)12-7-9-3-1-2-4-11(9)15(20)21-12/h1-8H,(H,18,19). The molecule has 0 unspecified atom stereocenters. The van der Waals surface area contributed by atoms with E-state index < -0.39 is 0 Å². The fourth-order valence-electron chi connectivity index (χ4n) is 1.89. The van der Waals surface area contributed by atoms with Crippen LogP contribution in [0.2, 0.25) is 5.15 Å². The third-order valence-corrected chi connectivity index (χ3v) is 4.03. The van der Waals surface area contributed by atoms with Crippen molar-refractivity contribution in [3.63, 3.8) is 0 Å². The molecule has 0 aliphatic carbocycles. The molecule has 3 aromatic rings. The van der Waals surface area contributed by atoms with Gasteiger partial charge in [0.2, 0.25) is 4.74 Å². The second kappa shape index (κ2) is 5.63. The van der Waals surface area contributed by atoms with E-state index in [0.717, 1.165) is 16.7 Å². The summed E-state index contributed by atoms with van der Waals surface area (Å²) in [4.78, 5) is 28.4. The Balaban J connectivity index is 1.94. The lowest BCUT2D eigenvalue weighted by Gasteiger charge is -2.05. The first kappa shape index (κ1) is 13.7. The van der Waals surface area contributed by atoms with Crippen LogP contribution < -0.4 is 10.1 Å². The van der Waals surface area contributed by atoms with E-state index in [2.05, 4.69) is 10.3 Å². The molecule has 6 heteroatoms. The maximum Gasteiger partial charge on any atom is 0.265 e. The van der Waals surface area contributed by atoms with Gasteiger partial charge in [0.05, 0.1) is 16.8 Å². The number of pyridine rings is 1. The number of nitrogens with one attached hydrogen (secondary N) is 1. The largest absolute Gasteiger partial charge is 0.320 e. The van der Waals surface area contributed by atoms with E-state index >= 15 is 0 Å². The summed E-state index contributed by atoms with van der Waals surface area (Å²) in [6, 6.07) is 12.1. The van der Waals surface area contributed by atoms with E-state index in [0.29, 0.717) is 21.1 Å². The predicted molar refractivity (Wildman–Crippen MR) is 85.3 cm³/mol. The molecule has 0 bridgehead atoms. The van der Waals surface area contributed by atoms with Gasteiger partial charge in [-0.2, -0.15) is 0 Å². The summed E-state index contributed by atoms with van der Waals surface area (Å²) in [6.07, 6.45) is 1.46. The fraction of sp³-hybridized carbons (Fsp3) is 0. The van der Waals surface area contributed by atoms with Crippen molar-refractivity contribution < 1.29 is 4.79 Å². The first-order chi connectivity index (χ1) is 10.1.